The standard InChI is InChI=1S/C23H27FN6O.C4H10/c1-14-9-28(10-15(2)25-14)20-6-7-22(30(13-20)18(5)31)27-17(4)19-8-21(24)23-26-16(3)11-29(23)12-19;1-3-4-2/h6-8,11-15,25H,4,9-10H2,1-3,5H3;3-4H2,1-2H3. The second-order valence-electron chi connectivity index (χ2n) is 9.26. The van der Waals surface area contributed by atoms with Crippen LogP contribution in [0.15, 0.2) is 48.4 Å². The number of piperazine rings is 1. The number of unbranched alkanes of at least 4 members (excludes halogenated alkanes) is 1. The molecule has 1 saturated heterocycles. The molecule has 0 spiro atoms. The molecule has 2 atom stereocenters. The second-order valence-corrected chi connectivity index (χ2v) is 9.26. The number of aryl methyl sites for hydroxylation is 1. The van der Waals surface area contributed by atoms with E-state index in [1.54, 1.807) is 22.9 Å². The molecule has 188 valence electrons. The zero-order valence-corrected chi connectivity index (χ0v) is 21.7. The van der Waals surface area contributed by atoms with Gasteiger partial charge in [-0.05, 0) is 39.0 Å². The maximum Gasteiger partial charge on any atom is 0.229 e. The number of hydrogen-bond acceptors (Lipinski definition) is 5. The van der Waals surface area contributed by atoms with Crippen LogP contribution in [0.2, 0.25) is 0 Å². The van der Waals surface area contributed by atoms with Crippen molar-refractivity contribution in [1.82, 2.24) is 19.3 Å². The second kappa shape index (κ2) is 11.4. The van der Waals surface area contributed by atoms with Crippen LogP contribution in [0.5, 0.6) is 0 Å². The van der Waals surface area contributed by atoms with Crippen molar-refractivity contribution >= 4 is 22.9 Å². The van der Waals surface area contributed by atoms with Gasteiger partial charge in [0.2, 0.25) is 5.91 Å². The Morgan fingerprint density at radius 1 is 1.17 bits per heavy atom. The van der Waals surface area contributed by atoms with E-state index in [0.29, 0.717) is 28.8 Å². The first-order valence-corrected chi connectivity index (χ1v) is 12.3. The number of imidazole rings is 1. The van der Waals surface area contributed by atoms with Crippen LogP contribution in [0.4, 0.5) is 10.1 Å². The summed E-state index contributed by atoms with van der Waals surface area (Å²) in [5.74, 6) is -0.602. The third-order valence-electron chi connectivity index (χ3n) is 5.88. The molecular formula is C27H37FN6O. The molecule has 35 heavy (non-hydrogen) atoms. The molecule has 8 heteroatoms. The van der Waals surface area contributed by atoms with E-state index in [9.17, 15) is 9.18 Å². The molecule has 0 aromatic carbocycles. The van der Waals surface area contributed by atoms with E-state index in [-0.39, 0.29) is 11.6 Å². The summed E-state index contributed by atoms with van der Waals surface area (Å²) in [6.07, 6.45) is 7.93. The first kappa shape index (κ1) is 26.3. The Morgan fingerprint density at radius 3 is 2.43 bits per heavy atom. The Labute approximate surface area is 207 Å². The largest absolute Gasteiger partial charge is 0.367 e. The van der Waals surface area contributed by atoms with E-state index in [4.69, 9.17) is 0 Å². The lowest BCUT2D eigenvalue weighted by atomic mass is 10.1. The summed E-state index contributed by atoms with van der Waals surface area (Å²) >= 11 is 0. The third-order valence-corrected chi connectivity index (χ3v) is 5.88. The molecule has 2 unspecified atom stereocenters. The first-order chi connectivity index (χ1) is 16.6. The Hall–Kier alpha value is -3.26. The fourth-order valence-electron chi connectivity index (χ4n) is 4.09. The van der Waals surface area contributed by atoms with Crippen LogP contribution in [0.1, 0.15) is 63.5 Å². The van der Waals surface area contributed by atoms with E-state index < -0.39 is 5.82 Å². The molecule has 3 aromatic rings. The zero-order valence-electron chi connectivity index (χ0n) is 21.7. The maximum absolute atomic E-state index is 14.5. The monoisotopic (exact) mass is 480 g/mol. The van der Waals surface area contributed by atoms with Crippen LogP contribution in [0, 0.1) is 12.7 Å². The first-order valence-electron chi connectivity index (χ1n) is 12.3. The van der Waals surface area contributed by atoms with Gasteiger partial charge in [0.25, 0.3) is 0 Å². The smallest absolute Gasteiger partial charge is 0.229 e. The highest BCUT2D eigenvalue weighted by Gasteiger charge is 2.21. The van der Waals surface area contributed by atoms with Gasteiger partial charge in [0.15, 0.2) is 11.5 Å². The van der Waals surface area contributed by atoms with Gasteiger partial charge in [-0.2, -0.15) is 0 Å². The lowest BCUT2D eigenvalue weighted by Gasteiger charge is -2.37. The van der Waals surface area contributed by atoms with Crippen molar-refractivity contribution < 1.29 is 9.18 Å². The highest BCUT2D eigenvalue weighted by atomic mass is 19.1. The number of nitrogens with zero attached hydrogens (tertiary/aromatic N) is 5. The topological polar surface area (TPSA) is 66.9 Å². The average Bonchev–Trinajstić information content (AvgIpc) is 3.19. The summed E-state index contributed by atoms with van der Waals surface area (Å²) in [5, 5.41) is 3.51. The Morgan fingerprint density at radius 2 is 1.83 bits per heavy atom. The molecule has 0 amide bonds. The van der Waals surface area contributed by atoms with Crippen LogP contribution in [-0.2, 0) is 0 Å². The van der Waals surface area contributed by atoms with Gasteiger partial charge in [-0.25, -0.2) is 14.4 Å². The molecular weight excluding hydrogens is 443 g/mol. The summed E-state index contributed by atoms with van der Waals surface area (Å²) in [6, 6.07) is 5.84. The number of nitrogens with one attached hydrogen (secondary N) is 1. The van der Waals surface area contributed by atoms with Crippen LogP contribution < -0.4 is 15.7 Å². The summed E-state index contributed by atoms with van der Waals surface area (Å²) in [6.45, 7) is 17.7. The Bertz CT molecular complexity index is 1260. The van der Waals surface area contributed by atoms with Crippen molar-refractivity contribution in [3.8, 4) is 0 Å². The highest BCUT2D eigenvalue weighted by Crippen LogP contribution is 2.19. The quantitative estimate of drug-likeness (QED) is 0.582. The van der Waals surface area contributed by atoms with Crippen molar-refractivity contribution in [1.29, 1.82) is 0 Å². The number of carbonyl (C=O) groups is 1. The highest BCUT2D eigenvalue weighted by molar-refractivity contribution is 5.77. The number of carbonyl (C=O) groups excluding carboxylic acids is 1. The van der Waals surface area contributed by atoms with Crippen molar-refractivity contribution in [2.75, 3.05) is 18.0 Å². The Balaban J connectivity index is 0.000000795. The van der Waals surface area contributed by atoms with Gasteiger partial charge in [-0.1, -0.05) is 33.3 Å². The van der Waals surface area contributed by atoms with E-state index in [0.717, 1.165) is 24.5 Å². The average molecular weight is 481 g/mol. The zero-order chi connectivity index (χ0) is 25.7. The van der Waals surface area contributed by atoms with E-state index in [2.05, 4.69) is 54.5 Å². The number of anilines is 1. The molecule has 0 bridgehead atoms. The van der Waals surface area contributed by atoms with Crippen LogP contribution in [0.3, 0.4) is 0 Å². The SMILES string of the molecule is C=C(N=c1ccc(N2CC(C)NC(C)C2)cn1C(C)=O)c1cc(F)c2nc(C)cn2c1.CCCC. The van der Waals surface area contributed by atoms with Gasteiger partial charge in [-0.3, -0.25) is 9.36 Å². The minimum Gasteiger partial charge on any atom is -0.367 e. The summed E-state index contributed by atoms with van der Waals surface area (Å²) in [5.41, 5.74) is 3.27. The van der Waals surface area contributed by atoms with E-state index >= 15 is 0 Å². The van der Waals surface area contributed by atoms with Gasteiger partial charge in [0.1, 0.15) is 5.49 Å². The number of rotatable bonds is 4. The van der Waals surface area contributed by atoms with Gasteiger partial charge in [0.05, 0.1) is 17.1 Å². The number of aromatic nitrogens is 3. The predicted octanol–water partition coefficient (Wildman–Crippen LogP) is 4.81. The van der Waals surface area contributed by atoms with Crippen molar-refractivity contribution in [3.05, 3.63) is 65.9 Å². The molecule has 0 saturated carbocycles. The van der Waals surface area contributed by atoms with Gasteiger partial charge in [0, 0.05) is 56.3 Å². The molecule has 1 aliphatic heterocycles. The summed E-state index contributed by atoms with van der Waals surface area (Å²) < 4.78 is 17.6. The molecule has 0 radical (unpaired) electrons. The van der Waals surface area contributed by atoms with Gasteiger partial charge < -0.3 is 14.6 Å². The van der Waals surface area contributed by atoms with Crippen LogP contribution in [-0.4, -0.2) is 45.0 Å². The summed E-state index contributed by atoms with van der Waals surface area (Å²) in [4.78, 5) is 23.3. The number of pyridine rings is 2. The molecule has 0 aliphatic carbocycles. The third kappa shape index (κ3) is 6.45. The minimum atomic E-state index is -0.446. The van der Waals surface area contributed by atoms with Crippen molar-refractivity contribution in [2.45, 2.75) is 66.5 Å². The summed E-state index contributed by atoms with van der Waals surface area (Å²) in [7, 11) is 0. The fraction of sp³-hybridized carbons (Fsp3) is 0.444. The maximum atomic E-state index is 14.5. The minimum absolute atomic E-state index is 0.156. The lowest BCUT2D eigenvalue weighted by molar-refractivity contribution is 0.0931. The van der Waals surface area contributed by atoms with Gasteiger partial charge in [-0.15, -0.1) is 0 Å². The molecule has 1 N–H and O–H groups in total. The molecule has 4 heterocycles. The Kier molecular flexibility index (Phi) is 8.62. The van der Waals surface area contributed by atoms with E-state index in [1.165, 1.54) is 30.4 Å². The number of hydrogen-bond donors (Lipinski definition) is 1. The normalized spacial score (nSPS) is 18.4. The van der Waals surface area contributed by atoms with Gasteiger partial charge >= 0.3 is 0 Å². The van der Waals surface area contributed by atoms with Crippen molar-refractivity contribution in [3.63, 3.8) is 0 Å². The van der Waals surface area contributed by atoms with Crippen LogP contribution in [0.25, 0.3) is 11.3 Å². The number of fused-ring (bicyclic) bond motifs is 1. The van der Waals surface area contributed by atoms with Crippen LogP contribution >= 0.6 is 0 Å². The predicted molar refractivity (Wildman–Crippen MR) is 140 cm³/mol. The molecule has 1 fully saturated rings. The molecule has 1 aliphatic rings. The molecule has 7 nitrogen and oxygen atoms in total. The van der Waals surface area contributed by atoms with Crippen molar-refractivity contribution in [2.24, 2.45) is 4.99 Å². The molecule has 4 rings (SSSR count). The lowest BCUT2D eigenvalue weighted by Crippen LogP contribution is -2.54. The number of halogens is 1. The van der Waals surface area contributed by atoms with E-state index in [1.807, 2.05) is 19.2 Å². The fourth-order valence-corrected chi connectivity index (χ4v) is 4.09. The molecule has 3 aromatic heterocycles.